The summed E-state index contributed by atoms with van der Waals surface area (Å²) in [5.41, 5.74) is 4.36. The van der Waals surface area contributed by atoms with Crippen LogP contribution in [0.1, 0.15) is 52.1 Å². The van der Waals surface area contributed by atoms with Gasteiger partial charge in [-0.05, 0) is 56.5 Å². The van der Waals surface area contributed by atoms with E-state index in [1.807, 2.05) is 36.6 Å². The predicted octanol–water partition coefficient (Wildman–Crippen LogP) is 6.05. The van der Waals surface area contributed by atoms with Crippen LogP contribution in [0.25, 0.3) is 27.5 Å². The van der Waals surface area contributed by atoms with Gasteiger partial charge in [-0.25, -0.2) is 23.5 Å². The Labute approximate surface area is 231 Å². The number of piperidine rings is 1. The molecular formula is C28H23F2N5O4S. The van der Waals surface area contributed by atoms with Crippen molar-refractivity contribution in [2.45, 2.75) is 39.2 Å². The smallest absolute Gasteiger partial charge is 0.349 e. The first kappa shape index (κ1) is 25.8. The number of hydrogen-bond acceptors (Lipinski definition) is 8. The minimum absolute atomic E-state index is 0.226. The van der Waals surface area contributed by atoms with Gasteiger partial charge in [0.05, 0.1) is 30.7 Å². The second kappa shape index (κ2) is 9.94. The van der Waals surface area contributed by atoms with E-state index in [0.717, 1.165) is 40.3 Å². The number of benzene rings is 1. The van der Waals surface area contributed by atoms with E-state index >= 15 is 0 Å². The molecule has 0 aliphatic carbocycles. The molecule has 12 heteroatoms. The molecule has 0 bridgehead atoms. The van der Waals surface area contributed by atoms with Crippen LogP contribution in [0.3, 0.4) is 0 Å². The molecule has 0 radical (unpaired) electrons. The summed E-state index contributed by atoms with van der Waals surface area (Å²) in [7, 11) is 1.30. The van der Waals surface area contributed by atoms with Gasteiger partial charge in [0.2, 0.25) is 5.91 Å². The van der Waals surface area contributed by atoms with Crippen LogP contribution >= 0.6 is 11.3 Å². The van der Waals surface area contributed by atoms with Crippen molar-refractivity contribution in [1.29, 1.82) is 0 Å². The van der Waals surface area contributed by atoms with Gasteiger partial charge < -0.3 is 14.2 Å². The standard InChI is InChI=1S/C28H23F2N5O4S/c1-14-24(15(2)39-33-14)16-9-10-34-22(11-16)32-25(26(34)27-31-13-21(40-27)28(37)38-3)20-5-4-6-23(36)35(20)17-7-8-18(29)19(30)12-17/h7-13,20H,4-6H2,1-3H3/t20-/m0/s1. The van der Waals surface area contributed by atoms with Crippen molar-refractivity contribution in [3.63, 3.8) is 0 Å². The average molecular weight is 564 g/mol. The number of ether oxygens (including phenoxy) is 1. The molecule has 204 valence electrons. The fraction of sp³-hybridized carbons (Fsp3) is 0.250. The molecule has 0 N–H and O–H groups in total. The minimum Gasteiger partial charge on any atom is -0.465 e. The Hall–Kier alpha value is -4.45. The third-order valence-corrected chi connectivity index (χ3v) is 8.00. The Bertz CT molecular complexity index is 1770. The summed E-state index contributed by atoms with van der Waals surface area (Å²) in [5, 5.41) is 4.55. The van der Waals surface area contributed by atoms with E-state index < -0.39 is 23.6 Å². The molecule has 1 aliphatic heterocycles. The van der Waals surface area contributed by atoms with Gasteiger partial charge in [-0.2, -0.15) is 0 Å². The predicted molar refractivity (Wildman–Crippen MR) is 143 cm³/mol. The summed E-state index contributed by atoms with van der Waals surface area (Å²) in [6, 6.07) is 6.62. The van der Waals surface area contributed by atoms with Crippen molar-refractivity contribution < 1.29 is 27.6 Å². The van der Waals surface area contributed by atoms with Crippen molar-refractivity contribution in [2.24, 2.45) is 0 Å². The van der Waals surface area contributed by atoms with Gasteiger partial charge in [-0.1, -0.05) is 5.16 Å². The van der Waals surface area contributed by atoms with Crippen LogP contribution in [-0.2, 0) is 9.53 Å². The lowest BCUT2D eigenvalue weighted by atomic mass is 9.96. The first-order valence-electron chi connectivity index (χ1n) is 12.5. The number of amides is 1. The second-order valence-electron chi connectivity index (χ2n) is 9.48. The van der Waals surface area contributed by atoms with Gasteiger partial charge in [0.15, 0.2) is 11.6 Å². The van der Waals surface area contributed by atoms with Crippen LogP contribution in [0.4, 0.5) is 14.5 Å². The highest BCUT2D eigenvalue weighted by Crippen LogP contribution is 2.42. The van der Waals surface area contributed by atoms with E-state index in [0.29, 0.717) is 45.5 Å². The van der Waals surface area contributed by atoms with Crippen molar-refractivity contribution >= 4 is 34.5 Å². The number of nitrogens with zero attached hydrogens (tertiary/aromatic N) is 5. The number of imidazole rings is 1. The molecule has 4 aromatic heterocycles. The number of methoxy groups -OCH3 is 1. The molecular weight excluding hydrogens is 540 g/mol. The molecule has 0 saturated carbocycles. The van der Waals surface area contributed by atoms with Crippen molar-refractivity contribution in [3.05, 3.63) is 76.4 Å². The van der Waals surface area contributed by atoms with E-state index in [4.69, 9.17) is 14.2 Å². The highest BCUT2D eigenvalue weighted by atomic mass is 32.1. The number of aryl methyl sites for hydroxylation is 2. The van der Waals surface area contributed by atoms with E-state index in [9.17, 15) is 18.4 Å². The zero-order chi connectivity index (χ0) is 28.1. The number of carbonyl (C=O) groups is 2. The number of esters is 1. The highest BCUT2D eigenvalue weighted by molar-refractivity contribution is 7.16. The number of hydrogen-bond donors (Lipinski definition) is 0. The molecule has 0 spiro atoms. The van der Waals surface area contributed by atoms with Gasteiger partial charge in [0.25, 0.3) is 0 Å². The SMILES string of the molecule is COC(=O)c1cnc(-c2c([C@@H]3CCCC(=O)N3c3ccc(F)c(F)c3)nc3cc(-c4c(C)noc4C)ccn23)s1. The third kappa shape index (κ3) is 4.24. The number of aromatic nitrogens is 4. The normalized spacial score (nSPS) is 15.7. The van der Waals surface area contributed by atoms with E-state index in [1.54, 1.807) is 0 Å². The van der Waals surface area contributed by atoms with Gasteiger partial charge in [0, 0.05) is 29.9 Å². The molecule has 1 fully saturated rings. The van der Waals surface area contributed by atoms with Gasteiger partial charge >= 0.3 is 5.97 Å². The van der Waals surface area contributed by atoms with Crippen molar-refractivity contribution in [3.8, 4) is 21.8 Å². The molecule has 6 rings (SSSR count). The zero-order valence-electron chi connectivity index (χ0n) is 21.8. The molecule has 1 saturated heterocycles. The summed E-state index contributed by atoms with van der Waals surface area (Å²) in [5.74, 6) is -2.12. The maximum Gasteiger partial charge on any atom is 0.349 e. The average Bonchev–Trinajstić information content (AvgIpc) is 3.66. The van der Waals surface area contributed by atoms with Gasteiger partial charge in [0.1, 0.15) is 27.0 Å². The molecule has 1 amide bonds. The number of rotatable bonds is 5. The molecule has 5 aromatic rings. The second-order valence-corrected chi connectivity index (χ2v) is 10.5. The Morgan fingerprint density at radius 1 is 1.18 bits per heavy atom. The zero-order valence-corrected chi connectivity index (χ0v) is 22.6. The quantitative estimate of drug-likeness (QED) is 0.240. The van der Waals surface area contributed by atoms with Crippen LogP contribution in [0.5, 0.6) is 0 Å². The summed E-state index contributed by atoms with van der Waals surface area (Å²) >= 11 is 1.14. The number of pyridine rings is 1. The Balaban J connectivity index is 1.56. The Morgan fingerprint density at radius 2 is 2.00 bits per heavy atom. The van der Waals surface area contributed by atoms with Crippen molar-refractivity contribution in [2.75, 3.05) is 12.0 Å². The number of halogens is 2. The van der Waals surface area contributed by atoms with Crippen molar-refractivity contribution in [1.82, 2.24) is 19.5 Å². The molecule has 1 aromatic carbocycles. The first-order chi connectivity index (χ1) is 19.3. The van der Waals surface area contributed by atoms with Crippen LogP contribution in [0.2, 0.25) is 0 Å². The van der Waals surface area contributed by atoms with E-state index in [-0.39, 0.29) is 18.0 Å². The summed E-state index contributed by atoms with van der Waals surface area (Å²) in [4.78, 5) is 36.7. The molecule has 40 heavy (non-hydrogen) atoms. The van der Waals surface area contributed by atoms with Gasteiger partial charge in [-0.15, -0.1) is 11.3 Å². The summed E-state index contributed by atoms with van der Waals surface area (Å²) in [6.45, 7) is 3.69. The molecule has 0 unspecified atom stereocenters. The third-order valence-electron chi connectivity index (χ3n) is 7.02. The van der Waals surface area contributed by atoms with Crippen LogP contribution in [0, 0.1) is 25.5 Å². The van der Waals surface area contributed by atoms with E-state index in [1.165, 1.54) is 24.3 Å². The number of fused-ring (bicyclic) bond motifs is 1. The molecule has 9 nitrogen and oxygen atoms in total. The lowest BCUT2D eigenvalue weighted by Gasteiger charge is -2.35. The van der Waals surface area contributed by atoms with E-state index in [2.05, 4.69) is 10.1 Å². The summed E-state index contributed by atoms with van der Waals surface area (Å²) in [6.07, 6.45) is 4.67. The van der Waals surface area contributed by atoms with Gasteiger partial charge in [-0.3, -0.25) is 9.20 Å². The fourth-order valence-electron chi connectivity index (χ4n) is 5.22. The van der Waals surface area contributed by atoms with Crippen LogP contribution in [-0.4, -0.2) is 38.5 Å². The maximum absolute atomic E-state index is 14.3. The fourth-order valence-corrected chi connectivity index (χ4v) is 6.11. The Kier molecular flexibility index (Phi) is 6.41. The highest BCUT2D eigenvalue weighted by Gasteiger charge is 2.36. The number of anilines is 1. The maximum atomic E-state index is 14.3. The topological polar surface area (TPSA) is 103 Å². The lowest BCUT2D eigenvalue weighted by Crippen LogP contribution is -2.38. The first-order valence-corrected chi connectivity index (χ1v) is 13.4. The monoisotopic (exact) mass is 563 g/mol. The lowest BCUT2D eigenvalue weighted by molar-refractivity contribution is -0.120. The summed E-state index contributed by atoms with van der Waals surface area (Å²) < 4.78 is 40.1. The minimum atomic E-state index is -1.04. The number of thiazole rings is 1. The largest absolute Gasteiger partial charge is 0.465 e. The molecule has 1 atom stereocenters. The number of carbonyl (C=O) groups excluding carboxylic acids is 2. The molecule has 1 aliphatic rings. The van der Waals surface area contributed by atoms with Crippen LogP contribution < -0.4 is 4.90 Å². The molecule has 5 heterocycles. The van der Waals surface area contributed by atoms with Crippen LogP contribution in [0.15, 0.2) is 47.2 Å². The Morgan fingerprint density at radius 3 is 2.73 bits per heavy atom.